The molecule has 7 heteroatoms. The summed E-state index contributed by atoms with van der Waals surface area (Å²) in [6, 6.07) is 6.19. The molecule has 28 heavy (non-hydrogen) atoms. The van der Waals surface area contributed by atoms with Crippen molar-refractivity contribution in [2.45, 2.75) is 51.0 Å². The van der Waals surface area contributed by atoms with Gasteiger partial charge in [0.2, 0.25) is 0 Å². The fourth-order valence-corrected chi connectivity index (χ4v) is 3.26. The van der Waals surface area contributed by atoms with E-state index in [1.165, 1.54) is 0 Å². The lowest BCUT2D eigenvalue weighted by Gasteiger charge is -2.37. The number of aliphatic hydroxyl groups is 3. The molecule has 0 bridgehead atoms. The second kappa shape index (κ2) is 10.4. The van der Waals surface area contributed by atoms with Crippen LogP contribution in [0.1, 0.15) is 32.3 Å². The smallest absolute Gasteiger partial charge is 0.161 e. The van der Waals surface area contributed by atoms with Gasteiger partial charge in [0.25, 0.3) is 0 Å². The molecule has 3 N–H and O–H groups in total. The molecule has 2 rings (SSSR count). The first-order chi connectivity index (χ1) is 13.3. The van der Waals surface area contributed by atoms with E-state index in [2.05, 4.69) is 23.6 Å². The highest BCUT2D eigenvalue weighted by atomic mass is 16.5. The van der Waals surface area contributed by atoms with E-state index in [-0.39, 0.29) is 13.2 Å². The molecule has 0 amide bonds. The van der Waals surface area contributed by atoms with Crippen molar-refractivity contribution >= 4 is 0 Å². The summed E-state index contributed by atoms with van der Waals surface area (Å²) >= 11 is 0. The van der Waals surface area contributed by atoms with Gasteiger partial charge in [0.15, 0.2) is 11.5 Å². The first-order valence-corrected chi connectivity index (χ1v) is 10.00. The Bertz CT molecular complexity index is 602. The third kappa shape index (κ3) is 6.60. The van der Waals surface area contributed by atoms with Crippen LogP contribution in [0.2, 0.25) is 0 Å². The highest BCUT2D eigenvalue weighted by Gasteiger charge is 2.31. The first kappa shape index (κ1) is 22.9. The molecule has 1 fully saturated rings. The quantitative estimate of drug-likeness (QED) is 0.546. The Hall–Kier alpha value is -1.38. The Morgan fingerprint density at radius 2 is 1.89 bits per heavy atom. The van der Waals surface area contributed by atoms with E-state index >= 15 is 0 Å². The average molecular weight is 397 g/mol. The fourth-order valence-electron chi connectivity index (χ4n) is 3.26. The lowest BCUT2D eigenvalue weighted by atomic mass is 9.92. The molecule has 7 nitrogen and oxygen atoms in total. The molecule has 1 atom stereocenters. The molecule has 0 spiro atoms. The van der Waals surface area contributed by atoms with Crippen LogP contribution in [0, 0.1) is 0 Å². The Kier molecular flexibility index (Phi) is 8.52. The minimum absolute atomic E-state index is 0.185. The van der Waals surface area contributed by atoms with Crippen LogP contribution in [0.4, 0.5) is 0 Å². The number of piperidine rings is 1. The van der Waals surface area contributed by atoms with Crippen LogP contribution in [-0.4, -0.2) is 89.9 Å². The maximum Gasteiger partial charge on any atom is 0.161 e. The number of hydrogen-bond acceptors (Lipinski definition) is 7. The van der Waals surface area contributed by atoms with E-state index in [4.69, 9.17) is 9.47 Å². The predicted molar refractivity (Wildman–Crippen MR) is 109 cm³/mol. The number of methoxy groups -OCH3 is 1. The Morgan fingerprint density at radius 3 is 2.46 bits per heavy atom. The molecule has 160 valence electrons. The monoisotopic (exact) mass is 396 g/mol. The van der Waals surface area contributed by atoms with Crippen LogP contribution in [0.3, 0.4) is 0 Å². The lowest BCUT2D eigenvalue weighted by Crippen LogP contribution is -2.46. The molecule has 1 saturated heterocycles. The minimum Gasteiger partial charge on any atom is -0.493 e. The van der Waals surface area contributed by atoms with Gasteiger partial charge in [-0.1, -0.05) is 6.07 Å². The van der Waals surface area contributed by atoms with E-state index in [9.17, 15) is 15.3 Å². The van der Waals surface area contributed by atoms with Gasteiger partial charge in [-0.15, -0.1) is 0 Å². The van der Waals surface area contributed by atoms with Crippen molar-refractivity contribution in [1.29, 1.82) is 0 Å². The van der Waals surface area contributed by atoms with Gasteiger partial charge in [0.1, 0.15) is 12.7 Å². The topological polar surface area (TPSA) is 85.6 Å². The standard InChI is InChI=1S/C21H36N2O5/c1-16(2)22(3)13-18(25)14-28-20-11-17(5-6-19(20)27-4)12-23-9-7-21(26,15-24)8-10-23/h5-6,11,16,18,24-26H,7-10,12-15H2,1-4H3. The molecule has 0 radical (unpaired) electrons. The number of likely N-dealkylation sites (tertiary alicyclic amines) is 1. The van der Waals surface area contributed by atoms with Crippen LogP contribution < -0.4 is 9.47 Å². The fraction of sp³-hybridized carbons (Fsp3) is 0.714. The summed E-state index contributed by atoms with van der Waals surface area (Å²) in [5.74, 6) is 1.26. The van der Waals surface area contributed by atoms with Gasteiger partial charge in [-0.3, -0.25) is 4.90 Å². The summed E-state index contributed by atoms with van der Waals surface area (Å²) in [4.78, 5) is 4.33. The maximum absolute atomic E-state index is 10.2. The van der Waals surface area contributed by atoms with Gasteiger partial charge >= 0.3 is 0 Å². The number of hydrogen-bond donors (Lipinski definition) is 3. The molecular weight excluding hydrogens is 360 g/mol. The van der Waals surface area contributed by atoms with Crippen molar-refractivity contribution in [3.63, 3.8) is 0 Å². The number of nitrogens with zero attached hydrogens (tertiary/aromatic N) is 2. The summed E-state index contributed by atoms with van der Waals surface area (Å²) in [6.07, 6.45) is 0.552. The molecule has 1 aromatic rings. The molecule has 1 heterocycles. The zero-order valence-corrected chi connectivity index (χ0v) is 17.6. The van der Waals surface area contributed by atoms with Gasteiger partial charge in [-0.05, 0) is 51.4 Å². The summed E-state index contributed by atoms with van der Waals surface area (Å²) in [7, 11) is 3.58. The predicted octanol–water partition coefficient (Wildman–Crippen LogP) is 1.09. The van der Waals surface area contributed by atoms with Crippen molar-refractivity contribution in [2.24, 2.45) is 0 Å². The van der Waals surface area contributed by atoms with Gasteiger partial charge in [0, 0.05) is 32.2 Å². The largest absolute Gasteiger partial charge is 0.493 e. The van der Waals surface area contributed by atoms with E-state index in [0.29, 0.717) is 36.9 Å². The molecule has 1 aromatic carbocycles. The molecule has 0 aromatic heterocycles. The van der Waals surface area contributed by atoms with Gasteiger partial charge < -0.3 is 29.7 Å². The number of benzene rings is 1. The van der Waals surface area contributed by atoms with Gasteiger partial charge in [-0.2, -0.15) is 0 Å². The molecule has 0 saturated carbocycles. The summed E-state index contributed by atoms with van der Waals surface area (Å²) in [5, 5.41) is 29.7. The Balaban J connectivity index is 1.94. The van der Waals surface area contributed by atoms with Crippen molar-refractivity contribution in [2.75, 3.05) is 47.0 Å². The van der Waals surface area contributed by atoms with Crippen LogP contribution in [-0.2, 0) is 6.54 Å². The van der Waals surface area contributed by atoms with Crippen LogP contribution in [0.15, 0.2) is 18.2 Å². The van der Waals surface area contributed by atoms with Gasteiger partial charge in [-0.25, -0.2) is 0 Å². The number of rotatable bonds is 10. The Labute approximate surface area is 168 Å². The number of ether oxygens (including phenoxy) is 2. The van der Waals surface area contributed by atoms with E-state index in [1.54, 1.807) is 7.11 Å². The molecular formula is C21H36N2O5. The van der Waals surface area contributed by atoms with Crippen LogP contribution >= 0.6 is 0 Å². The second-order valence-electron chi connectivity index (χ2n) is 8.14. The molecule has 0 aliphatic carbocycles. The summed E-state index contributed by atoms with van der Waals surface area (Å²) < 4.78 is 11.2. The molecule has 1 unspecified atom stereocenters. The Morgan fingerprint density at radius 1 is 1.21 bits per heavy atom. The zero-order chi connectivity index (χ0) is 20.7. The summed E-state index contributed by atoms with van der Waals surface area (Å²) in [6.45, 7) is 6.94. The highest BCUT2D eigenvalue weighted by molar-refractivity contribution is 5.43. The molecule has 1 aliphatic heterocycles. The SMILES string of the molecule is COc1ccc(CN2CCC(O)(CO)CC2)cc1OCC(O)CN(C)C(C)C. The highest BCUT2D eigenvalue weighted by Crippen LogP contribution is 2.30. The zero-order valence-electron chi connectivity index (χ0n) is 17.6. The van der Waals surface area contributed by atoms with Crippen molar-refractivity contribution in [1.82, 2.24) is 9.80 Å². The van der Waals surface area contributed by atoms with Crippen molar-refractivity contribution in [3.8, 4) is 11.5 Å². The number of likely N-dealkylation sites (N-methyl/N-ethyl adjacent to an activating group) is 1. The normalized spacial score (nSPS) is 18.5. The lowest BCUT2D eigenvalue weighted by molar-refractivity contribution is -0.0606. The van der Waals surface area contributed by atoms with E-state index in [1.807, 2.05) is 25.2 Å². The van der Waals surface area contributed by atoms with Gasteiger partial charge in [0.05, 0.1) is 19.3 Å². The average Bonchev–Trinajstić information content (AvgIpc) is 2.68. The number of aliphatic hydroxyl groups excluding tert-OH is 2. The third-order valence-corrected chi connectivity index (χ3v) is 5.53. The van der Waals surface area contributed by atoms with Crippen LogP contribution in [0.5, 0.6) is 11.5 Å². The second-order valence-corrected chi connectivity index (χ2v) is 8.14. The van der Waals surface area contributed by atoms with Crippen LogP contribution in [0.25, 0.3) is 0 Å². The molecule has 1 aliphatic rings. The first-order valence-electron chi connectivity index (χ1n) is 10.00. The maximum atomic E-state index is 10.2. The third-order valence-electron chi connectivity index (χ3n) is 5.53. The van der Waals surface area contributed by atoms with E-state index in [0.717, 1.165) is 25.2 Å². The minimum atomic E-state index is -0.941. The van der Waals surface area contributed by atoms with E-state index < -0.39 is 11.7 Å². The van der Waals surface area contributed by atoms with Crippen molar-refractivity contribution < 1.29 is 24.8 Å². The van der Waals surface area contributed by atoms with Crippen molar-refractivity contribution in [3.05, 3.63) is 23.8 Å². The summed E-state index contributed by atoms with van der Waals surface area (Å²) in [5.41, 5.74) is 0.142.